The standard InChI is InChI=1S/C10H12BrNO2/c11-9-7(2-1-3-8(9)13)10(14)4-5-12-6-10/h1-3,12-14H,4-6H2. The molecule has 0 saturated carbocycles. The van der Waals surface area contributed by atoms with Crippen LogP contribution in [-0.4, -0.2) is 23.3 Å². The first kappa shape index (κ1) is 9.96. The number of hydrogen-bond donors (Lipinski definition) is 3. The van der Waals surface area contributed by atoms with Crippen molar-refractivity contribution >= 4 is 15.9 Å². The molecular weight excluding hydrogens is 246 g/mol. The predicted octanol–water partition coefficient (Wildman–Crippen LogP) is 1.34. The first-order valence-corrected chi connectivity index (χ1v) is 5.34. The highest BCUT2D eigenvalue weighted by Crippen LogP contribution is 2.37. The average Bonchev–Trinajstić information content (AvgIpc) is 2.58. The van der Waals surface area contributed by atoms with E-state index in [0.29, 0.717) is 17.4 Å². The highest BCUT2D eigenvalue weighted by molar-refractivity contribution is 9.10. The predicted molar refractivity (Wildman–Crippen MR) is 57.2 cm³/mol. The van der Waals surface area contributed by atoms with Gasteiger partial charge in [0.05, 0.1) is 4.47 Å². The minimum absolute atomic E-state index is 0.169. The van der Waals surface area contributed by atoms with Crippen molar-refractivity contribution < 1.29 is 10.2 Å². The lowest BCUT2D eigenvalue weighted by molar-refractivity contribution is 0.0577. The molecule has 1 aliphatic rings. The van der Waals surface area contributed by atoms with E-state index in [1.165, 1.54) is 0 Å². The quantitative estimate of drug-likeness (QED) is 0.712. The molecule has 0 radical (unpaired) electrons. The van der Waals surface area contributed by atoms with Crippen LogP contribution in [0.3, 0.4) is 0 Å². The van der Waals surface area contributed by atoms with Crippen LogP contribution in [0, 0.1) is 0 Å². The molecule has 1 aromatic carbocycles. The second-order valence-corrected chi connectivity index (χ2v) is 4.39. The zero-order valence-corrected chi connectivity index (χ0v) is 9.21. The topological polar surface area (TPSA) is 52.5 Å². The van der Waals surface area contributed by atoms with Gasteiger partial charge in [0.1, 0.15) is 11.4 Å². The number of benzene rings is 1. The fourth-order valence-electron chi connectivity index (χ4n) is 1.79. The van der Waals surface area contributed by atoms with Crippen molar-refractivity contribution in [3.8, 4) is 5.75 Å². The second kappa shape index (κ2) is 3.53. The van der Waals surface area contributed by atoms with E-state index in [4.69, 9.17) is 0 Å². The van der Waals surface area contributed by atoms with E-state index in [9.17, 15) is 10.2 Å². The van der Waals surface area contributed by atoms with E-state index in [1.807, 2.05) is 6.07 Å². The van der Waals surface area contributed by atoms with Crippen LogP contribution in [0.4, 0.5) is 0 Å². The molecule has 1 aromatic rings. The van der Waals surface area contributed by atoms with E-state index in [2.05, 4.69) is 21.2 Å². The molecule has 0 spiro atoms. The minimum atomic E-state index is -0.850. The van der Waals surface area contributed by atoms with Crippen molar-refractivity contribution in [2.24, 2.45) is 0 Å². The molecule has 0 bridgehead atoms. The number of β-amino-alcohol motifs (C(OH)–C–C–N with tert-alkyl or cyclic N) is 1. The molecule has 1 atom stereocenters. The van der Waals surface area contributed by atoms with Gasteiger partial charge >= 0.3 is 0 Å². The Labute approximate surface area is 90.9 Å². The fraction of sp³-hybridized carbons (Fsp3) is 0.400. The van der Waals surface area contributed by atoms with Gasteiger partial charge in [-0.05, 0) is 35.0 Å². The third-order valence-electron chi connectivity index (χ3n) is 2.61. The van der Waals surface area contributed by atoms with Crippen LogP contribution in [0.1, 0.15) is 12.0 Å². The number of rotatable bonds is 1. The van der Waals surface area contributed by atoms with Crippen molar-refractivity contribution in [3.05, 3.63) is 28.2 Å². The van der Waals surface area contributed by atoms with Gasteiger partial charge in [0.25, 0.3) is 0 Å². The average molecular weight is 258 g/mol. The van der Waals surface area contributed by atoms with Gasteiger partial charge in [-0.15, -0.1) is 0 Å². The van der Waals surface area contributed by atoms with Gasteiger partial charge in [-0.1, -0.05) is 12.1 Å². The summed E-state index contributed by atoms with van der Waals surface area (Å²) in [5.41, 5.74) is -0.0973. The maximum Gasteiger partial charge on any atom is 0.130 e. The normalized spacial score (nSPS) is 26.7. The molecule has 3 nitrogen and oxygen atoms in total. The monoisotopic (exact) mass is 257 g/mol. The molecular formula is C10H12BrNO2. The van der Waals surface area contributed by atoms with E-state index < -0.39 is 5.60 Å². The van der Waals surface area contributed by atoms with Crippen LogP contribution < -0.4 is 5.32 Å². The minimum Gasteiger partial charge on any atom is -0.507 e. The van der Waals surface area contributed by atoms with Crippen molar-refractivity contribution in [3.63, 3.8) is 0 Å². The molecule has 3 N–H and O–H groups in total. The fourth-order valence-corrected chi connectivity index (χ4v) is 2.42. The van der Waals surface area contributed by atoms with Crippen molar-refractivity contribution in [1.82, 2.24) is 5.32 Å². The SMILES string of the molecule is Oc1cccc(C2(O)CCNC2)c1Br. The maximum absolute atomic E-state index is 10.3. The van der Waals surface area contributed by atoms with Gasteiger partial charge in [0.15, 0.2) is 0 Å². The molecule has 0 aromatic heterocycles. The Morgan fingerprint density at radius 1 is 1.43 bits per heavy atom. The van der Waals surface area contributed by atoms with Gasteiger partial charge in [-0.2, -0.15) is 0 Å². The number of halogens is 1. The van der Waals surface area contributed by atoms with Crippen molar-refractivity contribution in [1.29, 1.82) is 0 Å². The van der Waals surface area contributed by atoms with Crippen LogP contribution in [0.5, 0.6) is 5.75 Å². The van der Waals surface area contributed by atoms with Crippen molar-refractivity contribution in [2.45, 2.75) is 12.0 Å². The molecule has 1 saturated heterocycles. The van der Waals surface area contributed by atoms with Crippen LogP contribution >= 0.6 is 15.9 Å². The number of aromatic hydroxyl groups is 1. The number of hydrogen-bond acceptors (Lipinski definition) is 3. The van der Waals surface area contributed by atoms with Gasteiger partial charge in [-0.25, -0.2) is 0 Å². The van der Waals surface area contributed by atoms with Crippen LogP contribution in [0.15, 0.2) is 22.7 Å². The van der Waals surface area contributed by atoms with Crippen LogP contribution in [0.25, 0.3) is 0 Å². The molecule has 0 aliphatic carbocycles. The van der Waals surface area contributed by atoms with Gasteiger partial charge in [0.2, 0.25) is 0 Å². The lowest BCUT2D eigenvalue weighted by Gasteiger charge is -2.23. The Bertz CT molecular complexity index is 348. The number of phenolic OH excluding ortho intramolecular Hbond substituents is 1. The molecule has 1 fully saturated rings. The molecule has 76 valence electrons. The first-order chi connectivity index (χ1) is 6.63. The lowest BCUT2D eigenvalue weighted by atomic mass is 9.93. The number of phenols is 1. The number of nitrogens with one attached hydrogen (secondary N) is 1. The second-order valence-electron chi connectivity index (χ2n) is 3.60. The van der Waals surface area contributed by atoms with Crippen molar-refractivity contribution in [2.75, 3.05) is 13.1 Å². The van der Waals surface area contributed by atoms with Crippen LogP contribution in [-0.2, 0) is 5.60 Å². The van der Waals surface area contributed by atoms with Gasteiger partial charge in [-0.3, -0.25) is 0 Å². The van der Waals surface area contributed by atoms with Gasteiger partial charge in [0, 0.05) is 12.1 Å². The third-order valence-corrected chi connectivity index (χ3v) is 3.45. The summed E-state index contributed by atoms with van der Waals surface area (Å²) in [7, 11) is 0. The van der Waals surface area contributed by atoms with E-state index in [-0.39, 0.29) is 5.75 Å². The summed E-state index contributed by atoms with van der Waals surface area (Å²) in [5, 5.41) is 22.9. The zero-order chi connectivity index (χ0) is 10.2. The van der Waals surface area contributed by atoms with Gasteiger partial charge < -0.3 is 15.5 Å². The van der Waals surface area contributed by atoms with E-state index in [0.717, 1.165) is 12.1 Å². The summed E-state index contributed by atoms with van der Waals surface area (Å²) in [6, 6.07) is 5.17. The molecule has 1 heterocycles. The summed E-state index contributed by atoms with van der Waals surface area (Å²) in [6.45, 7) is 1.34. The first-order valence-electron chi connectivity index (χ1n) is 4.54. The van der Waals surface area contributed by atoms with E-state index in [1.54, 1.807) is 12.1 Å². The summed E-state index contributed by atoms with van der Waals surface area (Å²) >= 11 is 3.29. The van der Waals surface area contributed by atoms with E-state index >= 15 is 0 Å². The Balaban J connectivity index is 2.45. The lowest BCUT2D eigenvalue weighted by Crippen LogP contribution is -2.28. The number of aliphatic hydroxyl groups is 1. The largest absolute Gasteiger partial charge is 0.507 e. The Morgan fingerprint density at radius 3 is 2.86 bits per heavy atom. The Hall–Kier alpha value is -0.580. The molecule has 0 amide bonds. The van der Waals surface area contributed by atoms with Crippen LogP contribution in [0.2, 0.25) is 0 Å². The highest BCUT2D eigenvalue weighted by Gasteiger charge is 2.35. The molecule has 1 aliphatic heterocycles. The zero-order valence-electron chi connectivity index (χ0n) is 7.63. The summed E-state index contributed by atoms with van der Waals surface area (Å²) in [5.74, 6) is 0.169. The maximum atomic E-state index is 10.3. The highest BCUT2D eigenvalue weighted by atomic mass is 79.9. The summed E-state index contributed by atoms with van der Waals surface area (Å²) in [4.78, 5) is 0. The Morgan fingerprint density at radius 2 is 2.21 bits per heavy atom. The molecule has 4 heteroatoms. The smallest absolute Gasteiger partial charge is 0.130 e. The summed E-state index contributed by atoms with van der Waals surface area (Å²) < 4.78 is 0.589. The molecule has 14 heavy (non-hydrogen) atoms. The molecule has 2 rings (SSSR count). The third kappa shape index (κ3) is 1.54. The summed E-state index contributed by atoms with van der Waals surface area (Å²) in [6.07, 6.45) is 0.676. The Kier molecular flexibility index (Phi) is 2.51. The molecule has 1 unspecified atom stereocenters.